The Bertz CT molecular complexity index is 403. The first kappa shape index (κ1) is 11.9. The van der Waals surface area contributed by atoms with Crippen LogP contribution in [0.5, 0.6) is 0 Å². The van der Waals surface area contributed by atoms with Crippen molar-refractivity contribution in [3.8, 4) is 0 Å². The third-order valence-corrected chi connectivity index (χ3v) is 3.23. The van der Waals surface area contributed by atoms with E-state index in [-0.39, 0.29) is 12.1 Å². The molecule has 0 amide bonds. The summed E-state index contributed by atoms with van der Waals surface area (Å²) in [5, 5.41) is 0. The number of ether oxygens (including phenoxy) is 1. The molecule has 1 aliphatic rings. The molecule has 90 valence electrons. The van der Waals surface area contributed by atoms with Crippen molar-refractivity contribution in [3.63, 3.8) is 0 Å². The average Bonchev–Trinajstić information content (AvgIpc) is 2.40. The monoisotopic (exact) mass is 230 g/mol. The number of carbonyl (C=O) groups is 1. The van der Waals surface area contributed by atoms with Crippen LogP contribution in [-0.4, -0.2) is 12.1 Å². The van der Waals surface area contributed by atoms with Gasteiger partial charge in [0.05, 0.1) is 5.56 Å². The van der Waals surface area contributed by atoms with Crippen molar-refractivity contribution >= 4 is 12.0 Å². The minimum Gasteiger partial charge on any atom is -0.459 e. The molecule has 0 unspecified atom stereocenters. The number of hydrogen-bond donors (Lipinski definition) is 0. The molecular formula is C15H18O2. The summed E-state index contributed by atoms with van der Waals surface area (Å²) in [7, 11) is 0. The van der Waals surface area contributed by atoms with Gasteiger partial charge in [0.1, 0.15) is 6.10 Å². The lowest BCUT2D eigenvalue weighted by atomic mass is 9.97. The number of benzene rings is 1. The van der Waals surface area contributed by atoms with E-state index in [2.05, 4.69) is 6.58 Å². The molecule has 1 saturated carbocycles. The lowest BCUT2D eigenvalue weighted by molar-refractivity contribution is 0.0211. The summed E-state index contributed by atoms with van der Waals surface area (Å²) in [6.07, 6.45) is 7.40. The first-order valence-electron chi connectivity index (χ1n) is 6.23. The SMILES string of the molecule is C=Cc1ccccc1C(=O)OC1CCCCC1. The van der Waals surface area contributed by atoms with Gasteiger partial charge >= 0.3 is 5.97 Å². The Morgan fingerprint density at radius 3 is 2.65 bits per heavy atom. The lowest BCUT2D eigenvalue weighted by Gasteiger charge is -2.22. The van der Waals surface area contributed by atoms with Crippen molar-refractivity contribution in [2.45, 2.75) is 38.2 Å². The lowest BCUT2D eigenvalue weighted by Crippen LogP contribution is -2.21. The fourth-order valence-electron chi connectivity index (χ4n) is 2.26. The highest BCUT2D eigenvalue weighted by Gasteiger charge is 2.19. The number of hydrogen-bond acceptors (Lipinski definition) is 2. The zero-order chi connectivity index (χ0) is 12.1. The topological polar surface area (TPSA) is 26.3 Å². The zero-order valence-electron chi connectivity index (χ0n) is 10.0. The molecule has 1 aromatic carbocycles. The maximum atomic E-state index is 12.0. The standard InChI is InChI=1S/C15H18O2/c1-2-12-8-6-7-11-14(12)15(16)17-13-9-4-3-5-10-13/h2,6-8,11,13H,1,3-5,9-10H2. The molecule has 0 N–H and O–H groups in total. The summed E-state index contributed by atoms with van der Waals surface area (Å²) in [6.45, 7) is 3.71. The third-order valence-electron chi connectivity index (χ3n) is 3.23. The zero-order valence-corrected chi connectivity index (χ0v) is 10.0. The molecule has 1 aliphatic carbocycles. The van der Waals surface area contributed by atoms with Crippen molar-refractivity contribution in [1.82, 2.24) is 0 Å². The molecule has 0 aliphatic heterocycles. The highest BCUT2D eigenvalue weighted by atomic mass is 16.5. The Kier molecular flexibility index (Phi) is 3.97. The summed E-state index contributed by atoms with van der Waals surface area (Å²) >= 11 is 0. The maximum Gasteiger partial charge on any atom is 0.339 e. The second-order valence-electron chi connectivity index (χ2n) is 4.46. The predicted molar refractivity (Wildman–Crippen MR) is 68.8 cm³/mol. The largest absolute Gasteiger partial charge is 0.459 e. The van der Waals surface area contributed by atoms with E-state index in [1.54, 1.807) is 12.1 Å². The van der Waals surface area contributed by atoms with E-state index < -0.39 is 0 Å². The quantitative estimate of drug-likeness (QED) is 0.738. The molecule has 0 heterocycles. The summed E-state index contributed by atoms with van der Waals surface area (Å²) in [6, 6.07) is 7.42. The molecule has 0 radical (unpaired) electrons. The Morgan fingerprint density at radius 2 is 1.94 bits per heavy atom. The molecule has 0 saturated heterocycles. The van der Waals surface area contributed by atoms with E-state index in [4.69, 9.17) is 4.74 Å². The van der Waals surface area contributed by atoms with E-state index in [1.807, 2.05) is 18.2 Å². The molecular weight excluding hydrogens is 212 g/mol. The van der Waals surface area contributed by atoms with Crippen molar-refractivity contribution in [2.75, 3.05) is 0 Å². The molecule has 2 nitrogen and oxygen atoms in total. The normalized spacial score (nSPS) is 16.5. The van der Waals surface area contributed by atoms with Crippen molar-refractivity contribution < 1.29 is 9.53 Å². The molecule has 0 spiro atoms. The second-order valence-corrected chi connectivity index (χ2v) is 4.46. The Hall–Kier alpha value is -1.57. The van der Waals surface area contributed by atoms with E-state index in [0.29, 0.717) is 5.56 Å². The van der Waals surface area contributed by atoms with Crippen LogP contribution in [0, 0.1) is 0 Å². The van der Waals surface area contributed by atoms with Crippen LogP contribution in [0.4, 0.5) is 0 Å². The van der Waals surface area contributed by atoms with Crippen LogP contribution in [0.1, 0.15) is 48.0 Å². The first-order valence-corrected chi connectivity index (χ1v) is 6.23. The number of carbonyl (C=O) groups excluding carboxylic acids is 1. The van der Waals surface area contributed by atoms with Crippen LogP contribution in [-0.2, 0) is 4.74 Å². The number of rotatable bonds is 3. The van der Waals surface area contributed by atoms with Crippen LogP contribution in [0.15, 0.2) is 30.8 Å². The van der Waals surface area contributed by atoms with E-state index in [1.165, 1.54) is 19.3 Å². The molecule has 0 atom stereocenters. The third kappa shape index (κ3) is 2.96. The van der Waals surface area contributed by atoms with Gasteiger partial charge in [0, 0.05) is 0 Å². The van der Waals surface area contributed by atoms with Gasteiger partial charge in [-0.15, -0.1) is 0 Å². The Morgan fingerprint density at radius 1 is 1.24 bits per heavy atom. The first-order chi connectivity index (χ1) is 8.31. The summed E-state index contributed by atoms with van der Waals surface area (Å²) in [5.74, 6) is -0.215. The van der Waals surface area contributed by atoms with Crippen LogP contribution in [0.3, 0.4) is 0 Å². The minimum atomic E-state index is -0.215. The second kappa shape index (κ2) is 5.67. The Labute approximate surface area is 102 Å². The van der Waals surface area contributed by atoms with Gasteiger partial charge in [-0.05, 0) is 37.3 Å². The van der Waals surface area contributed by atoms with E-state index in [9.17, 15) is 4.79 Å². The maximum absolute atomic E-state index is 12.0. The van der Waals surface area contributed by atoms with Crippen LogP contribution in [0.25, 0.3) is 6.08 Å². The van der Waals surface area contributed by atoms with Gasteiger partial charge in [-0.3, -0.25) is 0 Å². The van der Waals surface area contributed by atoms with Gasteiger partial charge < -0.3 is 4.74 Å². The van der Waals surface area contributed by atoms with Gasteiger partial charge in [0.25, 0.3) is 0 Å². The molecule has 0 aromatic heterocycles. The minimum absolute atomic E-state index is 0.106. The molecule has 0 bridgehead atoms. The smallest absolute Gasteiger partial charge is 0.339 e. The van der Waals surface area contributed by atoms with Crippen LogP contribution < -0.4 is 0 Å². The Balaban J connectivity index is 2.05. The fourth-order valence-corrected chi connectivity index (χ4v) is 2.26. The van der Waals surface area contributed by atoms with Gasteiger partial charge in [-0.25, -0.2) is 4.79 Å². The number of esters is 1. The van der Waals surface area contributed by atoms with Crippen molar-refractivity contribution in [3.05, 3.63) is 42.0 Å². The summed E-state index contributed by atoms with van der Waals surface area (Å²) in [4.78, 5) is 12.0. The summed E-state index contributed by atoms with van der Waals surface area (Å²) in [5.41, 5.74) is 1.46. The van der Waals surface area contributed by atoms with E-state index >= 15 is 0 Å². The van der Waals surface area contributed by atoms with Gasteiger partial charge in [0.2, 0.25) is 0 Å². The van der Waals surface area contributed by atoms with Crippen molar-refractivity contribution in [2.24, 2.45) is 0 Å². The molecule has 2 heteroatoms. The van der Waals surface area contributed by atoms with Gasteiger partial charge in [-0.2, -0.15) is 0 Å². The van der Waals surface area contributed by atoms with E-state index in [0.717, 1.165) is 18.4 Å². The molecule has 2 rings (SSSR count). The van der Waals surface area contributed by atoms with Crippen LogP contribution in [0.2, 0.25) is 0 Å². The highest BCUT2D eigenvalue weighted by molar-refractivity contribution is 5.93. The van der Waals surface area contributed by atoms with Gasteiger partial charge in [-0.1, -0.05) is 37.3 Å². The molecule has 1 aromatic rings. The van der Waals surface area contributed by atoms with Gasteiger partial charge in [0.15, 0.2) is 0 Å². The van der Waals surface area contributed by atoms with Crippen LogP contribution >= 0.6 is 0 Å². The highest BCUT2D eigenvalue weighted by Crippen LogP contribution is 2.22. The molecule has 17 heavy (non-hydrogen) atoms. The average molecular weight is 230 g/mol. The fraction of sp³-hybridized carbons (Fsp3) is 0.400. The van der Waals surface area contributed by atoms with Crippen molar-refractivity contribution in [1.29, 1.82) is 0 Å². The summed E-state index contributed by atoms with van der Waals surface area (Å²) < 4.78 is 5.53. The molecule has 1 fully saturated rings. The predicted octanol–water partition coefficient (Wildman–Crippen LogP) is 3.82.